The van der Waals surface area contributed by atoms with Crippen LogP contribution in [0.1, 0.15) is 43.6 Å². The number of carbonyl (C=O) groups excluding carboxylic acids is 1. The highest BCUT2D eigenvalue weighted by atomic mass is 16.5. The molecular formula is C15H23N3O2. The molecule has 5 nitrogen and oxygen atoms in total. The second kappa shape index (κ2) is 6.70. The van der Waals surface area contributed by atoms with Gasteiger partial charge in [-0.25, -0.2) is 0 Å². The lowest BCUT2D eigenvalue weighted by molar-refractivity contribution is 0.0766. The van der Waals surface area contributed by atoms with Gasteiger partial charge in [-0.3, -0.25) is 9.78 Å². The summed E-state index contributed by atoms with van der Waals surface area (Å²) in [6, 6.07) is 3.58. The summed E-state index contributed by atoms with van der Waals surface area (Å²) in [5.74, 6) is 0.619. The van der Waals surface area contributed by atoms with Crippen molar-refractivity contribution in [3.63, 3.8) is 0 Å². The first-order valence-corrected chi connectivity index (χ1v) is 7.33. The van der Waals surface area contributed by atoms with E-state index in [-0.39, 0.29) is 18.1 Å². The van der Waals surface area contributed by atoms with E-state index in [1.165, 1.54) is 0 Å². The lowest BCUT2D eigenvalue weighted by atomic mass is 10.2. The van der Waals surface area contributed by atoms with Crippen molar-refractivity contribution in [2.24, 2.45) is 5.73 Å². The molecular weight excluding hydrogens is 254 g/mol. The fourth-order valence-corrected chi connectivity index (χ4v) is 2.55. The van der Waals surface area contributed by atoms with E-state index in [0.29, 0.717) is 24.5 Å². The van der Waals surface area contributed by atoms with E-state index in [9.17, 15) is 4.79 Å². The van der Waals surface area contributed by atoms with Crippen molar-refractivity contribution < 1.29 is 9.53 Å². The van der Waals surface area contributed by atoms with E-state index in [0.717, 1.165) is 19.3 Å². The Balaban J connectivity index is 2.09. The Labute approximate surface area is 120 Å². The van der Waals surface area contributed by atoms with Crippen molar-refractivity contribution in [3.8, 4) is 5.75 Å². The molecule has 2 atom stereocenters. The van der Waals surface area contributed by atoms with Crippen LogP contribution in [0.15, 0.2) is 18.3 Å². The number of amides is 1. The molecule has 5 heteroatoms. The van der Waals surface area contributed by atoms with Crippen LogP contribution in [0.3, 0.4) is 0 Å². The van der Waals surface area contributed by atoms with Crippen LogP contribution in [-0.4, -0.2) is 41.0 Å². The lowest BCUT2D eigenvalue weighted by Crippen LogP contribution is -2.34. The van der Waals surface area contributed by atoms with Crippen molar-refractivity contribution in [1.29, 1.82) is 0 Å². The van der Waals surface area contributed by atoms with Crippen molar-refractivity contribution in [2.75, 3.05) is 13.1 Å². The number of hydrogen-bond donors (Lipinski definition) is 1. The normalized spacial score (nSPS) is 21.8. The molecule has 1 aromatic heterocycles. The van der Waals surface area contributed by atoms with Gasteiger partial charge in [0, 0.05) is 31.4 Å². The number of pyridine rings is 1. The molecule has 0 spiro atoms. The molecule has 1 fully saturated rings. The van der Waals surface area contributed by atoms with Gasteiger partial charge >= 0.3 is 0 Å². The van der Waals surface area contributed by atoms with Gasteiger partial charge in [0.15, 0.2) is 0 Å². The average molecular weight is 277 g/mol. The van der Waals surface area contributed by atoms with Crippen molar-refractivity contribution >= 4 is 5.91 Å². The number of aromatic nitrogens is 1. The summed E-state index contributed by atoms with van der Waals surface area (Å²) < 4.78 is 5.89. The Morgan fingerprint density at radius 2 is 2.20 bits per heavy atom. The second-order valence-corrected chi connectivity index (χ2v) is 5.11. The summed E-state index contributed by atoms with van der Waals surface area (Å²) in [5, 5.41) is 0. The van der Waals surface area contributed by atoms with Gasteiger partial charge in [0.1, 0.15) is 17.5 Å². The van der Waals surface area contributed by atoms with Gasteiger partial charge in [0.05, 0.1) is 0 Å². The molecule has 1 amide bonds. The van der Waals surface area contributed by atoms with E-state index in [1.54, 1.807) is 23.2 Å². The minimum Gasteiger partial charge on any atom is -0.489 e. The monoisotopic (exact) mass is 277 g/mol. The van der Waals surface area contributed by atoms with E-state index < -0.39 is 0 Å². The zero-order valence-electron chi connectivity index (χ0n) is 12.2. The topological polar surface area (TPSA) is 68.5 Å². The van der Waals surface area contributed by atoms with Crippen LogP contribution in [0.25, 0.3) is 0 Å². The van der Waals surface area contributed by atoms with Gasteiger partial charge in [0.2, 0.25) is 0 Å². The molecule has 1 aromatic rings. The lowest BCUT2D eigenvalue weighted by Gasteiger charge is -2.20. The number of nitrogens with zero attached hydrogens (tertiary/aromatic N) is 2. The molecule has 2 unspecified atom stereocenters. The first kappa shape index (κ1) is 14.8. The Hall–Kier alpha value is -1.62. The molecule has 0 bridgehead atoms. The fraction of sp³-hybridized carbons (Fsp3) is 0.600. The van der Waals surface area contributed by atoms with Crippen LogP contribution >= 0.6 is 0 Å². The molecule has 1 aliphatic carbocycles. The van der Waals surface area contributed by atoms with Gasteiger partial charge in [0.25, 0.3) is 5.91 Å². The number of ether oxygens (including phenoxy) is 1. The number of carbonyl (C=O) groups is 1. The highest BCUT2D eigenvalue weighted by Crippen LogP contribution is 2.23. The molecule has 2 N–H and O–H groups in total. The molecule has 1 saturated carbocycles. The van der Waals surface area contributed by atoms with Crippen LogP contribution in [0.4, 0.5) is 0 Å². The third-order valence-corrected chi connectivity index (χ3v) is 3.79. The number of hydrogen-bond acceptors (Lipinski definition) is 4. The van der Waals surface area contributed by atoms with Gasteiger partial charge < -0.3 is 15.4 Å². The smallest absolute Gasteiger partial charge is 0.272 e. The maximum absolute atomic E-state index is 12.2. The van der Waals surface area contributed by atoms with Crippen molar-refractivity contribution in [1.82, 2.24) is 9.88 Å². The minimum atomic E-state index is -0.0591. The fourth-order valence-electron chi connectivity index (χ4n) is 2.55. The summed E-state index contributed by atoms with van der Waals surface area (Å²) >= 11 is 0. The first-order chi connectivity index (χ1) is 9.65. The maximum atomic E-state index is 12.2. The molecule has 20 heavy (non-hydrogen) atoms. The molecule has 110 valence electrons. The Morgan fingerprint density at radius 3 is 2.80 bits per heavy atom. The first-order valence-electron chi connectivity index (χ1n) is 7.33. The maximum Gasteiger partial charge on any atom is 0.272 e. The van der Waals surface area contributed by atoms with Gasteiger partial charge in [-0.05, 0) is 39.2 Å². The predicted octanol–water partition coefficient (Wildman–Crippen LogP) is 1.82. The zero-order chi connectivity index (χ0) is 14.5. The van der Waals surface area contributed by atoms with E-state index in [4.69, 9.17) is 10.5 Å². The SMILES string of the molecule is CCN(CC)C(=O)c1cc(OC2CCCC2N)ccn1. The summed E-state index contributed by atoms with van der Waals surface area (Å²) in [6.45, 7) is 5.27. The van der Waals surface area contributed by atoms with Crippen LogP contribution in [0.5, 0.6) is 5.75 Å². The molecule has 1 aliphatic rings. The van der Waals surface area contributed by atoms with Crippen molar-refractivity contribution in [2.45, 2.75) is 45.3 Å². The highest BCUT2D eigenvalue weighted by molar-refractivity contribution is 5.92. The van der Waals surface area contributed by atoms with Crippen LogP contribution in [-0.2, 0) is 0 Å². The standard InChI is InChI=1S/C15H23N3O2/c1-3-18(4-2)15(19)13-10-11(8-9-17-13)20-14-7-5-6-12(14)16/h8-10,12,14H,3-7,16H2,1-2H3. The van der Waals surface area contributed by atoms with Gasteiger partial charge in [-0.15, -0.1) is 0 Å². The third kappa shape index (κ3) is 3.28. The third-order valence-electron chi connectivity index (χ3n) is 3.79. The van der Waals surface area contributed by atoms with Crippen LogP contribution < -0.4 is 10.5 Å². The molecule has 0 saturated heterocycles. The highest BCUT2D eigenvalue weighted by Gasteiger charge is 2.26. The van der Waals surface area contributed by atoms with Gasteiger partial charge in [-0.1, -0.05) is 0 Å². The second-order valence-electron chi connectivity index (χ2n) is 5.11. The molecule has 0 aliphatic heterocycles. The molecule has 0 radical (unpaired) electrons. The Kier molecular flexibility index (Phi) is 4.95. The summed E-state index contributed by atoms with van der Waals surface area (Å²) in [5.41, 5.74) is 6.43. The van der Waals surface area contributed by atoms with Gasteiger partial charge in [-0.2, -0.15) is 0 Å². The largest absolute Gasteiger partial charge is 0.489 e. The van der Waals surface area contributed by atoms with E-state index in [2.05, 4.69) is 4.98 Å². The van der Waals surface area contributed by atoms with E-state index in [1.807, 2.05) is 13.8 Å². The molecule has 0 aromatic carbocycles. The summed E-state index contributed by atoms with van der Waals surface area (Å²) in [4.78, 5) is 18.1. The van der Waals surface area contributed by atoms with E-state index >= 15 is 0 Å². The van der Waals surface area contributed by atoms with Crippen molar-refractivity contribution in [3.05, 3.63) is 24.0 Å². The van der Waals surface area contributed by atoms with Crippen LogP contribution in [0, 0.1) is 0 Å². The minimum absolute atomic E-state index is 0.0498. The Morgan fingerprint density at radius 1 is 1.45 bits per heavy atom. The number of nitrogens with two attached hydrogens (primary N) is 1. The summed E-state index contributed by atoms with van der Waals surface area (Å²) in [7, 11) is 0. The molecule has 2 rings (SSSR count). The average Bonchev–Trinajstić information content (AvgIpc) is 2.86. The Bertz CT molecular complexity index is 460. The molecule has 1 heterocycles. The predicted molar refractivity (Wildman–Crippen MR) is 77.7 cm³/mol. The number of rotatable bonds is 5. The zero-order valence-corrected chi connectivity index (χ0v) is 12.2. The summed E-state index contributed by atoms with van der Waals surface area (Å²) in [6.07, 6.45) is 4.74. The quantitative estimate of drug-likeness (QED) is 0.891. The van der Waals surface area contributed by atoms with Crippen LogP contribution in [0.2, 0.25) is 0 Å².